The number of aliphatic imine (C=N–C) groups is 1. The molecule has 0 fully saturated rings. The third kappa shape index (κ3) is 13.5. The third-order valence-electron chi connectivity index (χ3n) is 1.60. The zero-order valence-corrected chi connectivity index (χ0v) is 10.3. The second-order valence-electron chi connectivity index (χ2n) is 2.96. The van der Waals surface area contributed by atoms with E-state index in [4.69, 9.17) is 16.6 Å². The summed E-state index contributed by atoms with van der Waals surface area (Å²) in [6.07, 6.45) is 2.09. The summed E-state index contributed by atoms with van der Waals surface area (Å²) in [5.41, 5.74) is 10.6. The van der Waals surface area contributed by atoms with E-state index in [0.717, 1.165) is 12.8 Å². The zero-order chi connectivity index (χ0) is 10.3. The molecule has 1 atom stereocenters. The summed E-state index contributed by atoms with van der Waals surface area (Å²) in [4.78, 5) is 14.3. The van der Waals surface area contributed by atoms with Crippen LogP contribution in [0.4, 0.5) is 0 Å². The number of carboxylic acid groups (broad SMARTS) is 1. The van der Waals surface area contributed by atoms with Gasteiger partial charge in [-0.3, -0.25) is 9.79 Å². The molecule has 7 heteroatoms. The van der Waals surface area contributed by atoms with Crippen LogP contribution in [0.1, 0.15) is 26.2 Å². The maximum absolute atomic E-state index is 10.3. The zero-order valence-electron chi connectivity index (χ0n) is 8.68. The molecule has 0 bridgehead atoms. The predicted molar refractivity (Wildman–Crippen MR) is 66.1 cm³/mol. The van der Waals surface area contributed by atoms with Crippen molar-refractivity contribution in [2.75, 3.05) is 6.54 Å². The van der Waals surface area contributed by atoms with E-state index in [0.29, 0.717) is 18.8 Å². The van der Waals surface area contributed by atoms with Crippen LogP contribution in [-0.4, -0.2) is 29.5 Å². The number of amidine groups is 1. The Hall–Kier alpha value is -0.520. The highest BCUT2D eigenvalue weighted by Gasteiger charge is 2.09. The van der Waals surface area contributed by atoms with Gasteiger partial charge in [-0.15, -0.1) is 24.8 Å². The Bertz CT molecular complexity index is 196. The van der Waals surface area contributed by atoms with Gasteiger partial charge in [0.1, 0.15) is 6.04 Å². The van der Waals surface area contributed by atoms with Crippen molar-refractivity contribution >= 4 is 36.6 Å². The number of nitrogens with two attached hydrogens (primary N) is 2. The van der Waals surface area contributed by atoms with E-state index in [-0.39, 0.29) is 24.8 Å². The first-order valence-corrected chi connectivity index (χ1v) is 4.29. The smallest absolute Gasteiger partial charge is 0.320 e. The number of carbonyl (C=O) groups is 1. The van der Waals surface area contributed by atoms with Crippen LogP contribution in [-0.2, 0) is 4.79 Å². The highest BCUT2D eigenvalue weighted by molar-refractivity contribution is 5.85. The van der Waals surface area contributed by atoms with Crippen molar-refractivity contribution < 1.29 is 9.90 Å². The number of hydrogen-bond donors (Lipinski definition) is 3. The van der Waals surface area contributed by atoms with E-state index in [1.807, 2.05) is 0 Å². The third-order valence-corrected chi connectivity index (χ3v) is 1.60. The molecule has 0 aromatic carbocycles. The number of aliphatic carboxylic acids is 1. The van der Waals surface area contributed by atoms with Gasteiger partial charge in [0.25, 0.3) is 0 Å². The predicted octanol–water partition coefficient (Wildman–Crippen LogP) is 0.789. The van der Waals surface area contributed by atoms with Gasteiger partial charge in [-0.05, 0) is 26.2 Å². The minimum absolute atomic E-state index is 0. The first-order valence-electron chi connectivity index (χ1n) is 4.29. The van der Waals surface area contributed by atoms with Crippen molar-refractivity contribution in [3.05, 3.63) is 0 Å². The topological polar surface area (TPSA) is 102 Å². The molecule has 0 aromatic rings. The molecule has 0 saturated heterocycles. The number of halogens is 2. The van der Waals surface area contributed by atoms with Crippen molar-refractivity contribution in [3.63, 3.8) is 0 Å². The van der Waals surface area contributed by atoms with Crippen LogP contribution in [0.2, 0.25) is 0 Å². The molecular weight excluding hydrogens is 241 g/mol. The van der Waals surface area contributed by atoms with Gasteiger partial charge in [0.15, 0.2) is 0 Å². The molecule has 0 aliphatic carbocycles. The first-order chi connectivity index (χ1) is 6.04. The fourth-order valence-corrected chi connectivity index (χ4v) is 0.855. The van der Waals surface area contributed by atoms with Crippen LogP contribution in [0, 0.1) is 0 Å². The number of nitrogens with zero attached hydrogens (tertiary/aromatic N) is 1. The highest BCUT2D eigenvalue weighted by Crippen LogP contribution is 1.99. The first kappa shape index (κ1) is 20.0. The summed E-state index contributed by atoms with van der Waals surface area (Å²) in [6.45, 7) is 2.37. The molecule has 0 aliphatic rings. The monoisotopic (exact) mass is 259 g/mol. The Morgan fingerprint density at radius 1 is 1.40 bits per heavy atom. The SMILES string of the molecule is CC(N)=NCCCC[C@H](N)C(=O)O.Cl.Cl. The fourth-order valence-electron chi connectivity index (χ4n) is 0.855. The lowest BCUT2D eigenvalue weighted by atomic mass is 10.1. The summed E-state index contributed by atoms with van der Waals surface area (Å²) in [7, 11) is 0. The maximum atomic E-state index is 10.3. The van der Waals surface area contributed by atoms with E-state index in [1.165, 1.54) is 0 Å². The Labute approximate surface area is 102 Å². The largest absolute Gasteiger partial charge is 0.480 e. The lowest BCUT2D eigenvalue weighted by Gasteiger charge is -2.04. The Kier molecular flexibility index (Phi) is 15.4. The second kappa shape index (κ2) is 11.6. The van der Waals surface area contributed by atoms with Crippen molar-refractivity contribution in [1.29, 1.82) is 0 Å². The van der Waals surface area contributed by atoms with Crippen molar-refractivity contribution in [3.8, 4) is 0 Å². The normalized spacial score (nSPS) is 12.3. The lowest BCUT2D eigenvalue weighted by Crippen LogP contribution is -2.29. The Morgan fingerprint density at radius 3 is 2.33 bits per heavy atom. The minimum Gasteiger partial charge on any atom is -0.480 e. The van der Waals surface area contributed by atoms with Gasteiger partial charge in [-0.25, -0.2) is 0 Å². The van der Waals surface area contributed by atoms with Gasteiger partial charge in [0.05, 0.1) is 5.84 Å². The van der Waals surface area contributed by atoms with Gasteiger partial charge in [0.2, 0.25) is 0 Å². The Balaban J connectivity index is -0.000000720. The van der Waals surface area contributed by atoms with Gasteiger partial charge in [0, 0.05) is 6.54 Å². The Morgan fingerprint density at radius 2 is 1.93 bits per heavy atom. The molecule has 5 N–H and O–H groups in total. The van der Waals surface area contributed by atoms with E-state index in [9.17, 15) is 4.79 Å². The van der Waals surface area contributed by atoms with Gasteiger partial charge in [-0.2, -0.15) is 0 Å². The van der Waals surface area contributed by atoms with E-state index in [1.54, 1.807) is 6.92 Å². The standard InChI is InChI=1S/C8H17N3O2.2ClH/c1-6(9)11-5-3-2-4-7(10)8(12)13;;/h7H,2-5,10H2,1H3,(H2,9,11)(H,12,13);2*1H/t7-;;/m0../s1. The van der Waals surface area contributed by atoms with E-state index >= 15 is 0 Å². The molecule has 0 heterocycles. The molecule has 5 nitrogen and oxygen atoms in total. The van der Waals surface area contributed by atoms with Crippen LogP contribution >= 0.6 is 24.8 Å². The molecule has 0 amide bonds. The quantitative estimate of drug-likeness (QED) is 0.373. The fraction of sp³-hybridized carbons (Fsp3) is 0.750. The van der Waals surface area contributed by atoms with Crippen LogP contribution in [0.5, 0.6) is 0 Å². The van der Waals surface area contributed by atoms with Crippen molar-refractivity contribution in [2.24, 2.45) is 16.5 Å². The number of rotatable bonds is 6. The van der Waals surface area contributed by atoms with Crippen molar-refractivity contribution in [2.45, 2.75) is 32.2 Å². The molecule has 0 spiro atoms. The second-order valence-corrected chi connectivity index (χ2v) is 2.96. The minimum atomic E-state index is -0.946. The van der Waals surface area contributed by atoms with Gasteiger partial charge in [-0.1, -0.05) is 0 Å². The molecule has 0 unspecified atom stereocenters. The molecule has 0 saturated carbocycles. The summed E-state index contributed by atoms with van der Waals surface area (Å²) < 4.78 is 0. The molecule has 15 heavy (non-hydrogen) atoms. The molecule has 0 aromatic heterocycles. The van der Waals surface area contributed by atoms with Crippen LogP contribution in [0.15, 0.2) is 4.99 Å². The van der Waals surface area contributed by atoms with Crippen LogP contribution in [0.25, 0.3) is 0 Å². The van der Waals surface area contributed by atoms with E-state index in [2.05, 4.69) is 4.99 Å². The molecule has 92 valence electrons. The number of carboxylic acids is 1. The van der Waals surface area contributed by atoms with Gasteiger partial charge >= 0.3 is 5.97 Å². The number of unbranched alkanes of at least 4 members (excludes halogenated alkanes) is 1. The van der Waals surface area contributed by atoms with Gasteiger partial charge < -0.3 is 16.6 Å². The summed E-state index contributed by atoms with van der Waals surface area (Å²) >= 11 is 0. The molecule has 0 rings (SSSR count). The summed E-state index contributed by atoms with van der Waals surface area (Å²) in [6, 6.07) is -0.747. The highest BCUT2D eigenvalue weighted by atomic mass is 35.5. The van der Waals surface area contributed by atoms with Crippen molar-refractivity contribution in [1.82, 2.24) is 0 Å². The average Bonchev–Trinajstić information content (AvgIpc) is 2.02. The maximum Gasteiger partial charge on any atom is 0.320 e. The number of hydrogen-bond acceptors (Lipinski definition) is 3. The van der Waals surface area contributed by atoms with E-state index < -0.39 is 12.0 Å². The lowest BCUT2D eigenvalue weighted by molar-refractivity contribution is -0.138. The molecular formula is C8H19Cl2N3O2. The summed E-state index contributed by atoms with van der Waals surface area (Å²) in [5.74, 6) is -0.388. The van der Waals surface area contributed by atoms with Crippen LogP contribution < -0.4 is 11.5 Å². The molecule has 0 radical (unpaired) electrons. The molecule has 0 aliphatic heterocycles. The van der Waals surface area contributed by atoms with Crippen LogP contribution in [0.3, 0.4) is 0 Å². The average molecular weight is 260 g/mol. The summed E-state index contributed by atoms with van der Waals surface area (Å²) in [5, 5.41) is 8.45.